The van der Waals surface area contributed by atoms with Gasteiger partial charge in [0, 0.05) is 19.4 Å². The second kappa shape index (κ2) is 6.81. The molecule has 0 fully saturated rings. The van der Waals surface area contributed by atoms with E-state index in [9.17, 15) is 0 Å². The molecule has 0 atom stereocenters. The van der Waals surface area contributed by atoms with E-state index < -0.39 is 0 Å². The van der Waals surface area contributed by atoms with Gasteiger partial charge in [0.2, 0.25) is 0 Å². The molecule has 108 valence electrons. The highest BCUT2D eigenvalue weighted by molar-refractivity contribution is 5.98. The van der Waals surface area contributed by atoms with Crippen LogP contribution in [0.1, 0.15) is 11.4 Å². The molecule has 2 rings (SSSR count). The van der Waals surface area contributed by atoms with Crippen LogP contribution in [-0.4, -0.2) is 22.5 Å². The Kier molecular flexibility index (Phi) is 5.40. The molecule has 1 aromatic carbocycles. The number of amidine groups is 1. The molecule has 7 heteroatoms. The zero-order valence-corrected chi connectivity index (χ0v) is 12.1. The maximum atomic E-state index is 7.56. The van der Waals surface area contributed by atoms with Crippen molar-refractivity contribution in [2.75, 3.05) is 7.11 Å². The van der Waals surface area contributed by atoms with E-state index in [0.29, 0.717) is 17.1 Å². The molecule has 2 aromatic rings. The molecule has 1 heterocycles. The molecule has 0 saturated carbocycles. The van der Waals surface area contributed by atoms with Gasteiger partial charge < -0.3 is 19.8 Å². The standard InChI is InChI=1S/C13H16N4O2.ClH/c1-17-7-6-16-11(17)8-19-12-9(13(14)15)4-3-5-10(12)18-2;/h3-7H,8H2,1-2H3,(H3,14,15);1H. The van der Waals surface area contributed by atoms with Gasteiger partial charge in [-0.3, -0.25) is 5.41 Å². The second-order valence-electron chi connectivity index (χ2n) is 3.99. The van der Waals surface area contributed by atoms with Gasteiger partial charge in [0.05, 0.1) is 12.7 Å². The van der Waals surface area contributed by atoms with E-state index in [1.165, 1.54) is 0 Å². The lowest BCUT2D eigenvalue weighted by Gasteiger charge is -2.14. The largest absolute Gasteiger partial charge is 0.493 e. The van der Waals surface area contributed by atoms with Crippen LogP contribution in [0.5, 0.6) is 11.5 Å². The fraction of sp³-hybridized carbons (Fsp3) is 0.231. The maximum Gasteiger partial charge on any atom is 0.172 e. The van der Waals surface area contributed by atoms with Gasteiger partial charge in [-0.2, -0.15) is 0 Å². The Morgan fingerprint density at radius 2 is 2.20 bits per heavy atom. The number of nitrogen functional groups attached to an aromatic ring is 1. The van der Waals surface area contributed by atoms with Crippen LogP contribution in [0, 0.1) is 5.41 Å². The molecule has 1 aromatic heterocycles. The summed E-state index contributed by atoms with van der Waals surface area (Å²) in [6.45, 7) is 0.282. The summed E-state index contributed by atoms with van der Waals surface area (Å²) in [5.74, 6) is 1.72. The third kappa shape index (κ3) is 3.21. The van der Waals surface area contributed by atoms with Crippen molar-refractivity contribution in [1.82, 2.24) is 9.55 Å². The molecule has 6 nitrogen and oxygen atoms in total. The van der Waals surface area contributed by atoms with Gasteiger partial charge >= 0.3 is 0 Å². The number of para-hydroxylation sites is 1. The topological polar surface area (TPSA) is 86.2 Å². The lowest BCUT2D eigenvalue weighted by atomic mass is 10.1. The van der Waals surface area contributed by atoms with Gasteiger partial charge in [0.1, 0.15) is 18.3 Å². The van der Waals surface area contributed by atoms with Gasteiger partial charge in [-0.1, -0.05) is 6.07 Å². The van der Waals surface area contributed by atoms with Crippen LogP contribution in [-0.2, 0) is 13.7 Å². The van der Waals surface area contributed by atoms with E-state index in [1.54, 1.807) is 31.5 Å². The van der Waals surface area contributed by atoms with Crippen molar-refractivity contribution in [3.63, 3.8) is 0 Å². The Balaban J connectivity index is 0.00000200. The summed E-state index contributed by atoms with van der Waals surface area (Å²) < 4.78 is 12.8. The minimum Gasteiger partial charge on any atom is -0.493 e. The third-order valence-electron chi connectivity index (χ3n) is 2.76. The van der Waals surface area contributed by atoms with E-state index in [0.717, 1.165) is 5.82 Å². The Labute approximate surface area is 123 Å². The highest BCUT2D eigenvalue weighted by atomic mass is 35.5. The van der Waals surface area contributed by atoms with Crippen molar-refractivity contribution in [3.05, 3.63) is 42.0 Å². The monoisotopic (exact) mass is 296 g/mol. The fourth-order valence-electron chi connectivity index (χ4n) is 1.71. The molecule has 0 unspecified atom stereocenters. The minimum absolute atomic E-state index is 0. The van der Waals surface area contributed by atoms with E-state index in [4.69, 9.17) is 20.6 Å². The molecule has 0 bridgehead atoms. The zero-order valence-electron chi connectivity index (χ0n) is 11.3. The summed E-state index contributed by atoms with van der Waals surface area (Å²) in [6.07, 6.45) is 3.54. The Morgan fingerprint density at radius 3 is 2.75 bits per heavy atom. The molecule has 0 amide bonds. The first-order valence-corrected chi connectivity index (χ1v) is 5.74. The van der Waals surface area contributed by atoms with Gasteiger partial charge in [0.15, 0.2) is 11.5 Å². The lowest BCUT2D eigenvalue weighted by Crippen LogP contribution is -2.14. The molecular formula is C13H17ClN4O2. The highest BCUT2D eigenvalue weighted by Gasteiger charge is 2.13. The van der Waals surface area contributed by atoms with Crippen LogP contribution in [0.4, 0.5) is 0 Å². The molecule has 0 aliphatic rings. The average molecular weight is 297 g/mol. The number of nitrogens with zero attached hydrogens (tertiary/aromatic N) is 2. The van der Waals surface area contributed by atoms with Gasteiger partial charge in [-0.05, 0) is 12.1 Å². The predicted molar refractivity (Wildman–Crippen MR) is 78.8 cm³/mol. The summed E-state index contributed by atoms with van der Waals surface area (Å²) >= 11 is 0. The number of benzene rings is 1. The predicted octanol–water partition coefficient (Wildman–Crippen LogP) is 1.71. The number of aromatic nitrogens is 2. The molecule has 0 spiro atoms. The minimum atomic E-state index is -0.0614. The van der Waals surface area contributed by atoms with Crippen LogP contribution in [0.15, 0.2) is 30.6 Å². The van der Waals surface area contributed by atoms with Crippen molar-refractivity contribution in [3.8, 4) is 11.5 Å². The second-order valence-corrected chi connectivity index (χ2v) is 3.99. The first kappa shape index (κ1) is 15.8. The molecule has 0 aliphatic carbocycles. The van der Waals surface area contributed by atoms with Crippen molar-refractivity contribution in [1.29, 1.82) is 5.41 Å². The molecule has 20 heavy (non-hydrogen) atoms. The zero-order chi connectivity index (χ0) is 13.8. The normalized spacial score (nSPS) is 9.70. The Bertz CT molecular complexity index is 598. The van der Waals surface area contributed by atoms with Crippen LogP contribution >= 0.6 is 12.4 Å². The highest BCUT2D eigenvalue weighted by Crippen LogP contribution is 2.31. The summed E-state index contributed by atoms with van der Waals surface area (Å²) in [6, 6.07) is 5.25. The van der Waals surface area contributed by atoms with Gasteiger partial charge in [-0.25, -0.2) is 4.98 Å². The SMILES string of the molecule is COc1cccc(C(=N)N)c1OCc1nccn1C.Cl. The van der Waals surface area contributed by atoms with Crippen LogP contribution in [0.3, 0.4) is 0 Å². The number of nitrogens with two attached hydrogens (primary N) is 1. The van der Waals surface area contributed by atoms with Crippen LogP contribution in [0.25, 0.3) is 0 Å². The number of hydrogen-bond acceptors (Lipinski definition) is 4. The average Bonchev–Trinajstić information content (AvgIpc) is 2.81. The number of hydrogen-bond donors (Lipinski definition) is 2. The van der Waals surface area contributed by atoms with E-state index in [1.807, 2.05) is 17.8 Å². The Morgan fingerprint density at radius 1 is 1.45 bits per heavy atom. The summed E-state index contributed by atoms with van der Waals surface area (Å²) in [7, 11) is 3.44. The third-order valence-corrected chi connectivity index (χ3v) is 2.76. The molecule has 0 radical (unpaired) electrons. The molecular weight excluding hydrogens is 280 g/mol. The van der Waals surface area contributed by atoms with Crippen molar-refractivity contribution in [2.24, 2.45) is 12.8 Å². The van der Waals surface area contributed by atoms with Gasteiger partial charge in [0.25, 0.3) is 0 Å². The first-order valence-electron chi connectivity index (χ1n) is 5.74. The van der Waals surface area contributed by atoms with Crippen LogP contribution < -0.4 is 15.2 Å². The van der Waals surface area contributed by atoms with E-state index in [2.05, 4.69) is 4.98 Å². The number of imidazole rings is 1. The molecule has 0 saturated heterocycles. The number of methoxy groups -OCH3 is 1. The quantitative estimate of drug-likeness (QED) is 0.650. The van der Waals surface area contributed by atoms with Crippen molar-refractivity contribution in [2.45, 2.75) is 6.61 Å². The number of aryl methyl sites for hydroxylation is 1. The number of rotatable bonds is 5. The van der Waals surface area contributed by atoms with E-state index in [-0.39, 0.29) is 24.8 Å². The number of ether oxygens (including phenoxy) is 2. The Hall–Kier alpha value is -2.21. The summed E-state index contributed by atoms with van der Waals surface area (Å²) in [5, 5.41) is 7.56. The fourth-order valence-corrected chi connectivity index (χ4v) is 1.71. The molecule has 0 aliphatic heterocycles. The van der Waals surface area contributed by atoms with E-state index >= 15 is 0 Å². The smallest absolute Gasteiger partial charge is 0.172 e. The van der Waals surface area contributed by atoms with Crippen LogP contribution in [0.2, 0.25) is 0 Å². The van der Waals surface area contributed by atoms with Crippen molar-refractivity contribution < 1.29 is 9.47 Å². The van der Waals surface area contributed by atoms with Crippen molar-refractivity contribution >= 4 is 18.2 Å². The first-order chi connectivity index (χ1) is 9.13. The lowest BCUT2D eigenvalue weighted by molar-refractivity contribution is 0.272. The van der Waals surface area contributed by atoms with Gasteiger partial charge in [-0.15, -0.1) is 12.4 Å². The molecule has 3 N–H and O–H groups in total. The summed E-state index contributed by atoms with van der Waals surface area (Å²) in [5.41, 5.74) is 6.05. The number of halogens is 1. The summed E-state index contributed by atoms with van der Waals surface area (Å²) in [4.78, 5) is 4.17. The number of nitrogens with one attached hydrogen (secondary N) is 1. The maximum absolute atomic E-state index is 7.56.